The van der Waals surface area contributed by atoms with E-state index >= 15 is 0 Å². The topological polar surface area (TPSA) is 61.4 Å². The fraction of sp³-hybridized carbons (Fsp3) is 0.529. The van der Waals surface area contributed by atoms with Crippen molar-refractivity contribution in [3.05, 3.63) is 33.0 Å². The highest BCUT2D eigenvalue weighted by molar-refractivity contribution is 7.16. The molecule has 3 amide bonds. The average molecular weight is 370 g/mol. The van der Waals surface area contributed by atoms with E-state index in [1.165, 1.54) is 29.8 Å². The lowest BCUT2D eigenvalue weighted by molar-refractivity contribution is -0.120. The molecule has 5 nitrogen and oxygen atoms in total. The maximum absolute atomic E-state index is 11.9. The van der Waals surface area contributed by atoms with E-state index in [4.69, 9.17) is 11.6 Å². The Kier molecular flexibility index (Phi) is 7.75. The normalized spacial score (nSPS) is 14.4. The molecule has 2 N–H and O–H groups in total. The first-order valence-corrected chi connectivity index (χ1v) is 9.40. The number of imide groups is 1. The van der Waals surface area contributed by atoms with Crippen LogP contribution in [0.4, 0.5) is 4.79 Å². The Morgan fingerprint density at radius 1 is 1.33 bits per heavy atom. The number of hydrogen-bond donors (Lipinski definition) is 2. The third kappa shape index (κ3) is 7.03. The third-order valence-corrected chi connectivity index (χ3v) is 5.05. The second kappa shape index (κ2) is 9.81. The summed E-state index contributed by atoms with van der Waals surface area (Å²) in [6.45, 7) is 1.35. The SMILES string of the molecule is CN(CC(=O)NC(=O)NCCC1=CCCCC1)Cc1ccc(Cl)s1. The number of rotatable bonds is 7. The fourth-order valence-corrected chi connectivity index (χ4v) is 3.85. The van der Waals surface area contributed by atoms with Crippen molar-refractivity contribution in [2.75, 3.05) is 20.1 Å². The summed E-state index contributed by atoms with van der Waals surface area (Å²) in [6.07, 6.45) is 7.89. The first kappa shape index (κ1) is 19.0. The molecule has 0 fully saturated rings. The number of likely N-dealkylation sites (N-methyl/N-ethyl adjacent to an activating group) is 1. The molecule has 0 atom stereocenters. The van der Waals surface area contributed by atoms with Gasteiger partial charge < -0.3 is 5.32 Å². The molecule has 0 spiro atoms. The van der Waals surface area contributed by atoms with Gasteiger partial charge in [-0.15, -0.1) is 11.3 Å². The number of urea groups is 1. The minimum atomic E-state index is -0.427. The molecule has 1 aromatic rings. The van der Waals surface area contributed by atoms with Crippen LogP contribution in [0.25, 0.3) is 0 Å². The number of nitrogens with zero attached hydrogens (tertiary/aromatic N) is 1. The quantitative estimate of drug-likeness (QED) is 0.722. The Morgan fingerprint density at radius 2 is 2.17 bits per heavy atom. The Labute approximate surface area is 152 Å². The van der Waals surface area contributed by atoms with Gasteiger partial charge >= 0.3 is 6.03 Å². The average Bonchev–Trinajstić information content (AvgIpc) is 2.92. The standard InChI is InChI=1S/C17H24ClN3O2S/c1-21(11-14-7-8-15(18)24-14)12-16(22)20-17(23)19-10-9-13-5-3-2-4-6-13/h5,7-8H,2-4,6,9-12H2,1H3,(H2,19,20,22,23). The highest BCUT2D eigenvalue weighted by Gasteiger charge is 2.12. The molecule has 2 rings (SSSR count). The zero-order valence-electron chi connectivity index (χ0n) is 13.9. The molecular weight excluding hydrogens is 346 g/mol. The van der Waals surface area contributed by atoms with Crippen LogP contribution >= 0.6 is 22.9 Å². The van der Waals surface area contributed by atoms with Crippen LogP contribution in [0, 0.1) is 0 Å². The highest BCUT2D eigenvalue weighted by Crippen LogP contribution is 2.22. The summed E-state index contributed by atoms with van der Waals surface area (Å²) in [5.74, 6) is -0.311. The monoisotopic (exact) mass is 369 g/mol. The van der Waals surface area contributed by atoms with Crippen LogP contribution in [-0.4, -0.2) is 37.0 Å². The second-order valence-electron chi connectivity index (χ2n) is 6.04. The van der Waals surface area contributed by atoms with Crippen molar-refractivity contribution < 1.29 is 9.59 Å². The number of thiophene rings is 1. The number of nitrogens with one attached hydrogen (secondary N) is 2. The molecule has 1 heterocycles. The van der Waals surface area contributed by atoms with Crippen molar-refractivity contribution >= 4 is 34.9 Å². The van der Waals surface area contributed by atoms with Crippen LogP contribution in [-0.2, 0) is 11.3 Å². The number of hydrogen-bond acceptors (Lipinski definition) is 4. The zero-order chi connectivity index (χ0) is 17.4. The number of amides is 3. The van der Waals surface area contributed by atoms with Crippen LogP contribution in [0.1, 0.15) is 37.0 Å². The molecule has 0 saturated heterocycles. The Hall–Kier alpha value is -1.37. The molecule has 0 aromatic carbocycles. The van der Waals surface area contributed by atoms with Crippen LogP contribution in [0.2, 0.25) is 4.34 Å². The van der Waals surface area contributed by atoms with Gasteiger partial charge in [0.1, 0.15) is 0 Å². The molecule has 132 valence electrons. The van der Waals surface area contributed by atoms with Gasteiger partial charge in [-0.25, -0.2) is 4.79 Å². The number of allylic oxidation sites excluding steroid dienone is 1. The molecule has 7 heteroatoms. The molecule has 1 aliphatic rings. The summed E-state index contributed by atoms with van der Waals surface area (Å²) in [6, 6.07) is 3.35. The lowest BCUT2D eigenvalue weighted by Gasteiger charge is -2.15. The van der Waals surface area contributed by atoms with E-state index in [-0.39, 0.29) is 12.5 Å². The van der Waals surface area contributed by atoms with Crippen molar-refractivity contribution in [3.8, 4) is 0 Å². The van der Waals surface area contributed by atoms with Crippen LogP contribution in [0.5, 0.6) is 0 Å². The van der Waals surface area contributed by atoms with Crippen molar-refractivity contribution in [2.45, 2.75) is 38.6 Å². The second-order valence-corrected chi connectivity index (χ2v) is 7.84. The molecule has 1 aromatic heterocycles. The van der Waals surface area contributed by atoms with E-state index in [9.17, 15) is 9.59 Å². The van der Waals surface area contributed by atoms with Gasteiger partial charge in [0.25, 0.3) is 0 Å². The summed E-state index contributed by atoms with van der Waals surface area (Å²) < 4.78 is 0.732. The zero-order valence-corrected chi connectivity index (χ0v) is 15.5. The minimum absolute atomic E-state index is 0.161. The molecule has 1 aliphatic carbocycles. The molecule has 0 saturated carbocycles. The van der Waals surface area contributed by atoms with Gasteiger partial charge in [-0.2, -0.15) is 0 Å². The van der Waals surface area contributed by atoms with Gasteiger partial charge in [0.05, 0.1) is 10.9 Å². The van der Waals surface area contributed by atoms with E-state index in [0.29, 0.717) is 13.1 Å². The highest BCUT2D eigenvalue weighted by atomic mass is 35.5. The maximum Gasteiger partial charge on any atom is 0.321 e. The van der Waals surface area contributed by atoms with Gasteiger partial charge in [0.2, 0.25) is 5.91 Å². The van der Waals surface area contributed by atoms with Crippen molar-refractivity contribution in [1.29, 1.82) is 0 Å². The van der Waals surface area contributed by atoms with Gasteiger partial charge in [0.15, 0.2) is 0 Å². The summed E-state index contributed by atoms with van der Waals surface area (Å²) >= 11 is 7.38. The van der Waals surface area contributed by atoms with Crippen LogP contribution in [0.15, 0.2) is 23.8 Å². The molecular formula is C17H24ClN3O2S. The molecule has 0 bridgehead atoms. The summed E-state index contributed by atoms with van der Waals surface area (Å²) in [4.78, 5) is 26.5. The van der Waals surface area contributed by atoms with Gasteiger partial charge in [-0.05, 0) is 51.3 Å². The smallest absolute Gasteiger partial charge is 0.321 e. The molecule has 0 radical (unpaired) electrons. The first-order valence-electron chi connectivity index (χ1n) is 8.21. The summed E-state index contributed by atoms with van der Waals surface area (Å²) in [7, 11) is 1.83. The van der Waals surface area contributed by atoms with Crippen molar-refractivity contribution in [3.63, 3.8) is 0 Å². The molecule has 0 unspecified atom stereocenters. The summed E-state index contributed by atoms with van der Waals surface area (Å²) in [5, 5.41) is 5.11. The predicted molar refractivity (Wildman–Crippen MR) is 98.4 cm³/mol. The maximum atomic E-state index is 11.9. The lowest BCUT2D eigenvalue weighted by Crippen LogP contribution is -2.43. The van der Waals surface area contributed by atoms with Gasteiger partial charge in [-0.1, -0.05) is 23.3 Å². The van der Waals surface area contributed by atoms with E-state index in [2.05, 4.69) is 16.7 Å². The first-order chi connectivity index (χ1) is 11.5. The van der Waals surface area contributed by atoms with Crippen LogP contribution < -0.4 is 10.6 Å². The lowest BCUT2D eigenvalue weighted by atomic mass is 9.97. The number of halogens is 1. The summed E-state index contributed by atoms with van der Waals surface area (Å²) in [5.41, 5.74) is 1.40. The van der Waals surface area contributed by atoms with Gasteiger partial charge in [-0.3, -0.25) is 15.0 Å². The van der Waals surface area contributed by atoms with E-state index in [0.717, 1.165) is 28.5 Å². The number of carbonyl (C=O) groups excluding carboxylic acids is 2. The van der Waals surface area contributed by atoms with E-state index < -0.39 is 6.03 Å². The van der Waals surface area contributed by atoms with Gasteiger partial charge in [0, 0.05) is 18.0 Å². The largest absolute Gasteiger partial charge is 0.337 e. The van der Waals surface area contributed by atoms with E-state index in [1.807, 2.05) is 24.1 Å². The molecule has 0 aliphatic heterocycles. The van der Waals surface area contributed by atoms with E-state index in [1.54, 1.807) is 0 Å². The van der Waals surface area contributed by atoms with Crippen LogP contribution in [0.3, 0.4) is 0 Å². The minimum Gasteiger partial charge on any atom is -0.337 e. The predicted octanol–water partition coefficient (Wildman–Crippen LogP) is 3.55. The molecule has 24 heavy (non-hydrogen) atoms. The fourth-order valence-electron chi connectivity index (χ4n) is 2.68. The number of carbonyl (C=O) groups is 2. The van der Waals surface area contributed by atoms with Crippen molar-refractivity contribution in [1.82, 2.24) is 15.5 Å². The third-order valence-electron chi connectivity index (χ3n) is 3.84. The Morgan fingerprint density at radius 3 is 2.83 bits per heavy atom. The Balaban J connectivity index is 1.62. The Bertz CT molecular complexity index is 600. The van der Waals surface area contributed by atoms with Crippen molar-refractivity contribution in [2.24, 2.45) is 0 Å².